The molecule has 162 valence electrons. The molecule has 1 aliphatic heterocycles. The largest absolute Gasteiger partial charge is 0.486 e. The van der Waals surface area contributed by atoms with Crippen molar-refractivity contribution >= 4 is 34.0 Å². The summed E-state index contributed by atoms with van der Waals surface area (Å²) >= 11 is 6.47. The SMILES string of the molecule is Clc1cc(Nc2ncnc3ccc([C@@H]4CCCNC4)cc23)ccc1OCc1cnccn1. The second-order valence-electron chi connectivity index (χ2n) is 7.80. The van der Waals surface area contributed by atoms with Crippen LogP contribution in [0, 0.1) is 0 Å². The summed E-state index contributed by atoms with van der Waals surface area (Å²) in [4.78, 5) is 17.2. The number of hydrogen-bond donors (Lipinski definition) is 2. The Labute approximate surface area is 191 Å². The van der Waals surface area contributed by atoms with E-state index in [1.165, 1.54) is 18.4 Å². The van der Waals surface area contributed by atoms with Crippen molar-refractivity contribution < 1.29 is 4.74 Å². The van der Waals surface area contributed by atoms with Gasteiger partial charge in [0.15, 0.2) is 0 Å². The summed E-state index contributed by atoms with van der Waals surface area (Å²) in [5.41, 5.74) is 3.78. The van der Waals surface area contributed by atoms with Crippen LogP contribution in [0.1, 0.15) is 30.0 Å². The number of fused-ring (bicyclic) bond motifs is 1. The van der Waals surface area contributed by atoms with E-state index in [1.807, 2.05) is 18.2 Å². The maximum atomic E-state index is 6.47. The minimum Gasteiger partial charge on any atom is -0.486 e. The molecule has 2 N–H and O–H groups in total. The predicted octanol–water partition coefficient (Wildman–Crippen LogP) is 4.86. The molecule has 0 saturated carbocycles. The molecule has 5 rings (SSSR count). The zero-order valence-electron chi connectivity index (χ0n) is 17.5. The first-order valence-electron chi connectivity index (χ1n) is 10.7. The van der Waals surface area contributed by atoms with Gasteiger partial charge in [-0.2, -0.15) is 0 Å². The van der Waals surface area contributed by atoms with Gasteiger partial charge < -0.3 is 15.4 Å². The average molecular weight is 447 g/mol. The fourth-order valence-electron chi connectivity index (χ4n) is 3.95. The zero-order valence-corrected chi connectivity index (χ0v) is 18.2. The van der Waals surface area contributed by atoms with Crippen molar-refractivity contribution in [2.75, 3.05) is 18.4 Å². The molecule has 0 amide bonds. The number of rotatable bonds is 6. The van der Waals surface area contributed by atoms with Gasteiger partial charge in [-0.3, -0.25) is 9.97 Å². The highest BCUT2D eigenvalue weighted by atomic mass is 35.5. The summed E-state index contributed by atoms with van der Waals surface area (Å²) in [6.07, 6.45) is 8.90. The minimum absolute atomic E-state index is 0.301. The standard InChI is InChI=1S/C24H23ClN6O/c25-21-11-18(4-6-23(21)32-14-19-13-27-8-9-28-19)31-24-20-10-16(17-2-1-7-26-12-17)3-5-22(20)29-15-30-24/h3-6,8-11,13,15,17,26H,1-2,7,12,14H2,(H,29,30,31)/t17-/m1/s1. The number of ether oxygens (including phenoxy) is 1. The van der Waals surface area contributed by atoms with E-state index >= 15 is 0 Å². The van der Waals surface area contributed by atoms with E-state index < -0.39 is 0 Å². The van der Waals surface area contributed by atoms with Crippen molar-refractivity contribution in [2.45, 2.75) is 25.4 Å². The molecular weight excluding hydrogens is 424 g/mol. The summed E-state index contributed by atoms with van der Waals surface area (Å²) < 4.78 is 5.79. The van der Waals surface area contributed by atoms with Gasteiger partial charge in [0.1, 0.15) is 24.5 Å². The number of piperidine rings is 1. The van der Waals surface area contributed by atoms with Gasteiger partial charge in [0.05, 0.1) is 22.4 Å². The Morgan fingerprint density at radius 2 is 2.06 bits per heavy atom. The van der Waals surface area contributed by atoms with Crippen LogP contribution in [0.15, 0.2) is 61.3 Å². The van der Waals surface area contributed by atoms with Crippen molar-refractivity contribution in [1.82, 2.24) is 25.3 Å². The zero-order chi connectivity index (χ0) is 21.8. The first-order valence-corrected chi connectivity index (χ1v) is 11.0. The number of anilines is 2. The lowest BCUT2D eigenvalue weighted by atomic mass is 9.91. The average Bonchev–Trinajstić information content (AvgIpc) is 2.85. The van der Waals surface area contributed by atoms with E-state index in [0.29, 0.717) is 23.3 Å². The highest BCUT2D eigenvalue weighted by Crippen LogP contribution is 2.32. The van der Waals surface area contributed by atoms with Gasteiger partial charge in [-0.1, -0.05) is 17.7 Å². The van der Waals surface area contributed by atoms with Gasteiger partial charge in [-0.15, -0.1) is 0 Å². The van der Waals surface area contributed by atoms with Crippen LogP contribution in [-0.4, -0.2) is 33.0 Å². The van der Waals surface area contributed by atoms with Gasteiger partial charge in [0.2, 0.25) is 0 Å². The summed E-state index contributed by atoms with van der Waals surface area (Å²) in [5, 5.41) is 8.38. The van der Waals surface area contributed by atoms with E-state index in [-0.39, 0.29) is 0 Å². The molecule has 1 atom stereocenters. The van der Waals surface area contributed by atoms with E-state index in [1.54, 1.807) is 24.9 Å². The fourth-order valence-corrected chi connectivity index (χ4v) is 4.19. The molecule has 1 aliphatic rings. The number of nitrogens with one attached hydrogen (secondary N) is 2. The second-order valence-corrected chi connectivity index (χ2v) is 8.20. The Kier molecular flexibility index (Phi) is 6.09. The van der Waals surface area contributed by atoms with E-state index in [0.717, 1.165) is 41.2 Å². The maximum absolute atomic E-state index is 6.47. The van der Waals surface area contributed by atoms with Gasteiger partial charge in [0, 0.05) is 30.0 Å². The molecule has 32 heavy (non-hydrogen) atoms. The van der Waals surface area contributed by atoms with Crippen LogP contribution in [0.3, 0.4) is 0 Å². The first-order chi connectivity index (χ1) is 15.8. The Hall–Kier alpha value is -3.29. The molecule has 0 unspecified atom stereocenters. The molecular formula is C24H23ClN6O. The van der Waals surface area contributed by atoms with Crippen LogP contribution in [0.5, 0.6) is 5.75 Å². The van der Waals surface area contributed by atoms with E-state index in [4.69, 9.17) is 16.3 Å². The lowest BCUT2D eigenvalue weighted by Crippen LogP contribution is -2.28. The molecule has 1 saturated heterocycles. The number of halogens is 1. The number of nitrogens with zero attached hydrogens (tertiary/aromatic N) is 4. The molecule has 0 radical (unpaired) electrons. The Morgan fingerprint density at radius 3 is 2.88 bits per heavy atom. The van der Waals surface area contributed by atoms with Crippen LogP contribution >= 0.6 is 11.6 Å². The third-order valence-corrected chi connectivity index (χ3v) is 5.91. The molecule has 0 aliphatic carbocycles. The fraction of sp³-hybridized carbons (Fsp3) is 0.250. The van der Waals surface area contributed by atoms with Crippen LogP contribution < -0.4 is 15.4 Å². The lowest BCUT2D eigenvalue weighted by molar-refractivity contribution is 0.301. The third-order valence-electron chi connectivity index (χ3n) is 5.61. The smallest absolute Gasteiger partial charge is 0.141 e. The number of benzene rings is 2. The Balaban J connectivity index is 1.36. The Bertz CT molecular complexity index is 1210. The number of hydrogen-bond acceptors (Lipinski definition) is 7. The third kappa shape index (κ3) is 4.64. The molecule has 0 spiro atoms. The summed E-state index contributed by atoms with van der Waals surface area (Å²) in [5.74, 6) is 1.86. The van der Waals surface area contributed by atoms with Crippen LogP contribution in [0.4, 0.5) is 11.5 Å². The molecule has 0 bridgehead atoms. The van der Waals surface area contributed by atoms with Crippen molar-refractivity contribution in [2.24, 2.45) is 0 Å². The molecule has 8 heteroatoms. The van der Waals surface area contributed by atoms with Crippen LogP contribution in [0.25, 0.3) is 10.9 Å². The van der Waals surface area contributed by atoms with Gasteiger partial charge in [-0.25, -0.2) is 9.97 Å². The quantitative estimate of drug-likeness (QED) is 0.437. The molecule has 2 aromatic heterocycles. The Morgan fingerprint density at radius 1 is 1.09 bits per heavy atom. The van der Waals surface area contributed by atoms with Gasteiger partial charge in [-0.05, 0) is 61.2 Å². The van der Waals surface area contributed by atoms with Gasteiger partial charge >= 0.3 is 0 Å². The monoisotopic (exact) mass is 446 g/mol. The van der Waals surface area contributed by atoms with Crippen LogP contribution in [-0.2, 0) is 6.61 Å². The summed E-state index contributed by atoms with van der Waals surface area (Å²) in [6.45, 7) is 2.41. The summed E-state index contributed by atoms with van der Waals surface area (Å²) in [6, 6.07) is 12.0. The highest BCUT2D eigenvalue weighted by molar-refractivity contribution is 6.32. The van der Waals surface area contributed by atoms with Crippen molar-refractivity contribution in [3.8, 4) is 5.75 Å². The molecule has 2 aromatic carbocycles. The molecule has 1 fully saturated rings. The van der Waals surface area contributed by atoms with E-state index in [2.05, 4.69) is 48.8 Å². The minimum atomic E-state index is 0.301. The topological polar surface area (TPSA) is 84.9 Å². The van der Waals surface area contributed by atoms with E-state index in [9.17, 15) is 0 Å². The molecule has 4 aromatic rings. The normalized spacial score (nSPS) is 16.1. The number of aromatic nitrogens is 4. The molecule has 7 nitrogen and oxygen atoms in total. The predicted molar refractivity (Wildman–Crippen MR) is 125 cm³/mol. The first kappa shape index (κ1) is 20.6. The van der Waals surface area contributed by atoms with Gasteiger partial charge in [0.25, 0.3) is 0 Å². The van der Waals surface area contributed by atoms with Crippen molar-refractivity contribution in [3.63, 3.8) is 0 Å². The maximum Gasteiger partial charge on any atom is 0.141 e. The lowest BCUT2D eigenvalue weighted by Gasteiger charge is -2.23. The second kappa shape index (κ2) is 9.46. The highest BCUT2D eigenvalue weighted by Gasteiger charge is 2.16. The molecule has 3 heterocycles. The van der Waals surface area contributed by atoms with Crippen molar-refractivity contribution in [1.29, 1.82) is 0 Å². The van der Waals surface area contributed by atoms with Crippen molar-refractivity contribution in [3.05, 3.63) is 77.6 Å². The van der Waals surface area contributed by atoms with Crippen LogP contribution in [0.2, 0.25) is 5.02 Å². The summed E-state index contributed by atoms with van der Waals surface area (Å²) in [7, 11) is 0.